The summed E-state index contributed by atoms with van der Waals surface area (Å²) in [7, 11) is 0. The maximum Gasteiger partial charge on any atom is 0.320 e. The summed E-state index contributed by atoms with van der Waals surface area (Å²) in [6.45, 7) is 6.72. The van der Waals surface area contributed by atoms with E-state index in [2.05, 4.69) is 5.32 Å². The summed E-state index contributed by atoms with van der Waals surface area (Å²) in [6.07, 6.45) is 0. The number of halogens is 2. The number of nitrogens with one attached hydrogen (secondary N) is 1. The van der Waals surface area contributed by atoms with Crippen molar-refractivity contribution in [1.29, 1.82) is 0 Å². The molecule has 2 aromatic carbocycles. The number of rotatable bonds is 10. The molecule has 0 fully saturated rings. The standard InChI is InChI=1S/C21H25Cl2NO4/c1-4-27-18-10-15(11-24-19(13(2)3)21(25)26)9-17(23)20(18)28-12-14-5-7-16(22)8-6-14/h5-10,13,19,24H,4,11-12H2,1-3H3,(H,25,26). The largest absolute Gasteiger partial charge is 0.490 e. The Labute approximate surface area is 175 Å². The van der Waals surface area contributed by atoms with E-state index in [0.29, 0.717) is 41.3 Å². The highest BCUT2D eigenvalue weighted by Gasteiger charge is 2.21. The van der Waals surface area contributed by atoms with Crippen molar-refractivity contribution in [1.82, 2.24) is 5.32 Å². The van der Waals surface area contributed by atoms with Crippen LogP contribution in [0, 0.1) is 5.92 Å². The summed E-state index contributed by atoms with van der Waals surface area (Å²) in [5, 5.41) is 13.4. The van der Waals surface area contributed by atoms with Gasteiger partial charge in [0.25, 0.3) is 0 Å². The topological polar surface area (TPSA) is 67.8 Å². The molecule has 0 radical (unpaired) electrons. The van der Waals surface area contributed by atoms with Gasteiger partial charge in [0, 0.05) is 11.6 Å². The fourth-order valence-corrected chi connectivity index (χ4v) is 3.11. The molecule has 5 nitrogen and oxygen atoms in total. The van der Waals surface area contributed by atoms with Crippen LogP contribution in [0.2, 0.25) is 10.0 Å². The van der Waals surface area contributed by atoms with Gasteiger partial charge in [-0.3, -0.25) is 4.79 Å². The van der Waals surface area contributed by atoms with Gasteiger partial charge in [0.2, 0.25) is 0 Å². The number of carboxylic acids is 1. The molecular weight excluding hydrogens is 401 g/mol. The summed E-state index contributed by atoms with van der Waals surface area (Å²) < 4.78 is 11.6. The molecule has 0 aliphatic carbocycles. The van der Waals surface area contributed by atoms with Gasteiger partial charge in [-0.1, -0.05) is 49.2 Å². The molecule has 0 amide bonds. The molecule has 0 saturated carbocycles. The van der Waals surface area contributed by atoms with Crippen LogP contribution in [0.15, 0.2) is 36.4 Å². The van der Waals surface area contributed by atoms with E-state index in [1.54, 1.807) is 18.2 Å². The van der Waals surface area contributed by atoms with Crippen molar-refractivity contribution in [3.63, 3.8) is 0 Å². The van der Waals surface area contributed by atoms with Crippen LogP contribution in [-0.2, 0) is 17.9 Å². The number of benzene rings is 2. The van der Waals surface area contributed by atoms with Crippen LogP contribution in [0.4, 0.5) is 0 Å². The van der Waals surface area contributed by atoms with Crippen molar-refractivity contribution in [2.45, 2.75) is 40.0 Å². The van der Waals surface area contributed by atoms with Crippen molar-refractivity contribution in [3.8, 4) is 11.5 Å². The molecule has 1 unspecified atom stereocenters. The maximum absolute atomic E-state index is 11.4. The zero-order valence-corrected chi connectivity index (χ0v) is 17.7. The summed E-state index contributed by atoms with van der Waals surface area (Å²) in [4.78, 5) is 11.4. The number of hydrogen-bond acceptors (Lipinski definition) is 4. The molecule has 0 aromatic heterocycles. The van der Waals surface area contributed by atoms with Crippen LogP contribution < -0.4 is 14.8 Å². The lowest BCUT2D eigenvalue weighted by atomic mass is 10.0. The van der Waals surface area contributed by atoms with E-state index >= 15 is 0 Å². The van der Waals surface area contributed by atoms with Crippen molar-refractivity contribution in [3.05, 3.63) is 57.6 Å². The summed E-state index contributed by atoms with van der Waals surface area (Å²) in [5.41, 5.74) is 1.77. The molecule has 152 valence electrons. The van der Waals surface area contributed by atoms with Crippen LogP contribution in [-0.4, -0.2) is 23.7 Å². The minimum Gasteiger partial charge on any atom is -0.490 e. The Morgan fingerprint density at radius 1 is 1.11 bits per heavy atom. The quantitative estimate of drug-likeness (QED) is 0.549. The summed E-state index contributed by atoms with van der Waals surface area (Å²) >= 11 is 12.3. The predicted molar refractivity (Wildman–Crippen MR) is 112 cm³/mol. The normalized spacial score (nSPS) is 12.1. The van der Waals surface area contributed by atoms with Gasteiger partial charge in [-0.15, -0.1) is 0 Å². The third-order valence-corrected chi connectivity index (χ3v) is 4.66. The van der Waals surface area contributed by atoms with E-state index in [0.717, 1.165) is 11.1 Å². The van der Waals surface area contributed by atoms with Gasteiger partial charge >= 0.3 is 5.97 Å². The van der Waals surface area contributed by atoms with Gasteiger partial charge < -0.3 is 19.9 Å². The van der Waals surface area contributed by atoms with Crippen LogP contribution in [0.1, 0.15) is 31.9 Å². The van der Waals surface area contributed by atoms with E-state index in [4.69, 9.17) is 32.7 Å². The molecule has 0 aliphatic heterocycles. The lowest BCUT2D eigenvalue weighted by Gasteiger charge is -2.19. The van der Waals surface area contributed by atoms with Gasteiger partial charge in [-0.2, -0.15) is 0 Å². The first-order valence-electron chi connectivity index (χ1n) is 9.10. The van der Waals surface area contributed by atoms with E-state index in [1.165, 1.54) is 0 Å². The van der Waals surface area contributed by atoms with Crippen molar-refractivity contribution >= 4 is 29.2 Å². The number of carbonyl (C=O) groups is 1. The van der Waals surface area contributed by atoms with E-state index < -0.39 is 12.0 Å². The van der Waals surface area contributed by atoms with E-state index in [-0.39, 0.29) is 5.92 Å². The average molecular weight is 426 g/mol. The minimum atomic E-state index is -0.881. The number of carboxylic acid groups (broad SMARTS) is 1. The number of aliphatic carboxylic acids is 1. The first kappa shape index (κ1) is 22.3. The molecule has 0 heterocycles. The molecule has 28 heavy (non-hydrogen) atoms. The van der Waals surface area contributed by atoms with Crippen molar-refractivity contribution in [2.24, 2.45) is 5.92 Å². The van der Waals surface area contributed by atoms with Crippen LogP contribution >= 0.6 is 23.2 Å². The second kappa shape index (κ2) is 10.6. The van der Waals surface area contributed by atoms with Crippen LogP contribution in [0.3, 0.4) is 0 Å². The minimum absolute atomic E-state index is 0.0404. The molecule has 2 rings (SSSR count). The highest BCUT2D eigenvalue weighted by atomic mass is 35.5. The van der Waals surface area contributed by atoms with Gasteiger partial charge in [0.1, 0.15) is 12.6 Å². The van der Waals surface area contributed by atoms with Crippen LogP contribution in [0.5, 0.6) is 11.5 Å². The Morgan fingerprint density at radius 2 is 1.79 bits per heavy atom. The number of ether oxygens (including phenoxy) is 2. The highest BCUT2D eigenvalue weighted by Crippen LogP contribution is 2.37. The fourth-order valence-electron chi connectivity index (χ4n) is 2.70. The second-order valence-electron chi connectivity index (χ2n) is 6.69. The Morgan fingerprint density at radius 3 is 2.36 bits per heavy atom. The molecule has 2 aromatic rings. The third kappa shape index (κ3) is 6.30. The highest BCUT2D eigenvalue weighted by molar-refractivity contribution is 6.32. The molecule has 0 saturated heterocycles. The monoisotopic (exact) mass is 425 g/mol. The smallest absolute Gasteiger partial charge is 0.320 e. The van der Waals surface area contributed by atoms with Crippen molar-refractivity contribution in [2.75, 3.05) is 6.61 Å². The molecular formula is C21H25Cl2NO4. The average Bonchev–Trinajstić information content (AvgIpc) is 2.62. The van der Waals surface area contributed by atoms with Gasteiger partial charge in [0.15, 0.2) is 11.5 Å². The lowest BCUT2D eigenvalue weighted by molar-refractivity contribution is -0.140. The molecule has 0 bridgehead atoms. The van der Waals surface area contributed by atoms with Crippen molar-refractivity contribution < 1.29 is 19.4 Å². The molecule has 7 heteroatoms. The zero-order valence-electron chi connectivity index (χ0n) is 16.2. The molecule has 0 spiro atoms. The second-order valence-corrected chi connectivity index (χ2v) is 7.54. The summed E-state index contributed by atoms with van der Waals surface area (Å²) in [6, 6.07) is 10.3. The molecule has 0 aliphatic rings. The Balaban J connectivity index is 2.15. The van der Waals surface area contributed by atoms with E-state index in [1.807, 2.05) is 39.0 Å². The third-order valence-electron chi connectivity index (χ3n) is 4.12. The lowest BCUT2D eigenvalue weighted by Crippen LogP contribution is -2.40. The Hall–Kier alpha value is -1.95. The molecule has 2 N–H and O–H groups in total. The first-order valence-corrected chi connectivity index (χ1v) is 9.86. The van der Waals surface area contributed by atoms with Crippen LogP contribution in [0.25, 0.3) is 0 Å². The summed E-state index contributed by atoms with van der Waals surface area (Å²) in [5.74, 6) is 0.0633. The SMILES string of the molecule is CCOc1cc(CNC(C(=O)O)C(C)C)cc(Cl)c1OCc1ccc(Cl)cc1. The number of hydrogen-bond donors (Lipinski definition) is 2. The fraction of sp³-hybridized carbons (Fsp3) is 0.381. The van der Waals surface area contributed by atoms with Gasteiger partial charge in [-0.05, 0) is 48.2 Å². The Kier molecular flexibility index (Phi) is 8.42. The predicted octanol–water partition coefficient (Wildman–Crippen LogP) is 5.17. The zero-order chi connectivity index (χ0) is 20.7. The Bertz CT molecular complexity index is 794. The first-order chi connectivity index (χ1) is 13.3. The van der Waals surface area contributed by atoms with E-state index in [9.17, 15) is 9.90 Å². The molecule has 1 atom stereocenters. The van der Waals surface area contributed by atoms with Gasteiger partial charge in [0.05, 0.1) is 11.6 Å². The van der Waals surface area contributed by atoms with Gasteiger partial charge in [-0.25, -0.2) is 0 Å². The maximum atomic E-state index is 11.4.